The second kappa shape index (κ2) is 9.74. The molecule has 1 N–H and O–H groups in total. The van der Waals surface area contributed by atoms with Gasteiger partial charge in [-0.25, -0.2) is 12.7 Å². The molecule has 2 aromatic carbocycles. The number of sulfonamides is 1. The minimum absolute atomic E-state index is 0.0398. The molecule has 3 rings (SSSR count). The van der Waals surface area contributed by atoms with Crippen LogP contribution in [-0.2, 0) is 26.2 Å². The largest absolute Gasteiger partial charge is 0.352 e. The van der Waals surface area contributed by atoms with Crippen molar-refractivity contribution in [3.05, 3.63) is 65.2 Å². The molecule has 0 unspecified atom stereocenters. The molecule has 1 heterocycles. The molecule has 9 heteroatoms. The van der Waals surface area contributed by atoms with Gasteiger partial charge in [0.15, 0.2) is 0 Å². The van der Waals surface area contributed by atoms with Crippen molar-refractivity contribution in [1.29, 1.82) is 0 Å². The van der Waals surface area contributed by atoms with Crippen LogP contribution >= 0.6 is 0 Å². The van der Waals surface area contributed by atoms with Crippen molar-refractivity contribution in [3.8, 4) is 0 Å². The van der Waals surface area contributed by atoms with Gasteiger partial charge < -0.3 is 10.2 Å². The van der Waals surface area contributed by atoms with E-state index in [1.54, 1.807) is 13.0 Å². The van der Waals surface area contributed by atoms with Gasteiger partial charge in [0.25, 0.3) is 15.9 Å². The van der Waals surface area contributed by atoms with Gasteiger partial charge in [-0.3, -0.25) is 14.4 Å². The Morgan fingerprint density at radius 2 is 1.70 bits per heavy atom. The average molecular weight is 472 g/mol. The maximum Gasteiger partial charge on any atom is 0.269 e. The van der Waals surface area contributed by atoms with E-state index in [1.165, 1.54) is 23.1 Å². The topological polar surface area (TPSA) is 104 Å². The molecule has 0 spiro atoms. The highest BCUT2D eigenvalue weighted by molar-refractivity contribution is 7.90. The van der Waals surface area contributed by atoms with E-state index < -0.39 is 34.4 Å². The number of carbonyl (C=O) groups is 3. The van der Waals surface area contributed by atoms with Crippen LogP contribution in [0.3, 0.4) is 0 Å². The van der Waals surface area contributed by atoms with Gasteiger partial charge in [0.05, 0.1) is 5.56 Å². The molecule has 1 aliphatic heterocycles. The van der Waals surface area contributed by atoms with Crippen molar-refractivity contribution in [3.63, 3.8) is 0 Å². The van der Waals surface area contributed by atoms with Crippen LogP contribution < -0.4 is 5.32 Å². The van der Waals surface area contributed by atoms with E-state index in [4.69, 9.17) is 0 Å². The third-order valence-corrected chi connectivity index (χ3v) is 7.62. The highest BCUT2D eigenvalue weighted by atomic mass is 32.2. The Labute approximate surface area is 194 Å². The maximum atomic E-state index is 13.3. The molecule has 2 atom stereocenters. The Morgan fingerprint density at radius 1 is 1.06 bits per heavy atom. The van der Waals surface area contributed by atoms with Crippen molar-refractivity contribution >= 4 is 27.7 Å². The van der Waals surface area contributed by atoms with Crippen molar-refractivity contribution in [2.24, 2.45) is 0 Å². The summed E-state index contributed by atoms with van der Waals surface area (Å²) in [7, 11) is -4.14. The van der Waals surface area contributed by atoms with Crippen LogP contribution in [0.5, 0.6) is 0 Å². The second-order valence-electron chi connectivity index (χ2n) is 8.31. The van der Waals surface area contributed by atoms with E-state index in [9.17, 15) is 22.8 Å². The molecule has 2 aromatic rings. The summed E-state index contributed by atoms with van der Waals surface area (Å²) in [6.07, 6.45) is 0.725. The summed E-state index contributed by atoms with van der Waals surface area (Å²) in [5.74, 6) is -1.72. The summed E-state index contributed by atoms with van der Waals surface area (Å²) in [6.45, 7) is 6.76. The van der Waals surface area contributed by atoms with Crippen molar-refractivity contribution in [2.45, 2.75) is 57.6 Å². The van der Waals surface area contributed by atoms with E-state index in [1.807, 2.05) is 45.0 Å². The smallest absolute Gasteiger partial charge is 0.269 e. The number of benzene rings is 2. The fourth-order valence-electron chi connectivity index (χ4n) is 3.54. The Kier molecular flexibility index (Phi) is 7.22. The molecule has 0 saturated carbocycles. The highest BCUT2D eigenvalue weighted by Gasteiger charge is 2.43. The molecule has 8 nitrogen and oxygen atoms in total. The lowest BCUT2D eigenvalue weighted by atomic mass is 10.1. The SMILES string of the molecule is CC[C@@H](C)NC(=O)[C@@H](C)N(Cc1ccc(C)cc1)C(=O)CN1C(=O)c2ccccc2S1(=O)=O. The van der Waals surface area contributed by atoms with Crippen LogP contribution in [0.4, 0.5) is 0 Å². The molecule has 0 aromatic heterocycles. The van der Waals surface area contributed by atoms with Crippen molar-refractivity contribution < 1.29 is 22.8 Å². The first-order chi connectivity index (χ1) is 15.6. The van der Waals surface area contributed by atoms with Gasteiger partial charge in [-0.1, -0.05) is 48.9 Å². The predicted molar refractivity (Wildman–Crippen MR) is 124 cm³/mol. The lowest BCUT2D eigenvalue weighted by molar-refractivity contribution is -0.140. The first-order valence-corrected chi connectivity index (χ1v) is 12.3. The fourth-order valence-corrected chi connectivity index (χ4v) is 5.06. The Hall–Kier alpha value is -3.20. The Bertz CT molecular complexity index is 1160. The number of carbonyl (C=O) groups excluding carboxylic acids is 3. The van der Waals surface area contributed by atoms with Crippen LogP contribution in [0.25, 0.3) is 0 Å². The third kappa shape index (κ3) is 5.08. The zero-order chi connectivity index (χ0) is 24.3. The quantitative estimate of drug-likeness (QED) is 0.637. The van der Waals surface area contributed by atoms with Crippen LogP contribution in [0.1, 0.15) is 48.7 Å². The first kappa shape index (κ1) is 24.4. The lowest BCUT2D eigenvalue weighted by Crippen LogP contribution is -2.52. The summed E-state index contributed by atoms with van der Waals surface area (Å²) in [4.78, 5) is 40.1. The number of nitrogens with one attached hydrogen (secondary N) is 1. The minimum atomic E-state index is -4.14. The zero-order valence-electron chi connectivity index (χ0n) is 19.2. The van der Waals surface area contributed by atoms with Gasteiger partial charge in [-0.05, 0) is 44.9 Å². The van der Waals surface area contributed by atoms with E-state index in [2.05, 4.69) is 5.32 Å². The van der Waals surface area contributed by atoms with Crippen molar-refractivity contribution in [1.82, 2.24) is 14.5 Å². The fraction of sp³-hybridized carbons (Fsp3) is 0.375. The summed E-state index contributed by atoms with van der Waals surface area (Å²) >= 11 is 0. The number of amides is 3. The third-order valence-electron chi connectivity index (χ3n) is 5.83. The van der Waals surface area contributed by atoms with E-state index >= 15 is 0 Å². The highest BCUT2D eigenvalue weighted by Crippen LogP contribution is 2.30. The number of fused-ring (bicyclic) bond motifs is 1. The van der Waals surface area contributed by atoms with Gasteiger partial charge in [-0.15, -0.1) is 0 Å². The van der Waals surface area contributed by atoms with Gasteiger partial charge >= 0.3 is 0 Å². The number of hydrogen-bond acceptors (Lipinski definition) is 5. The summed E-state index contributed by atoms with van der Waals surface area (Å²) in [5, 5.41) is 2.86. The molecule has 0 aliphatic carbocycles. The summed E-state index contributed by atoms with van der Waals surface area (Å²) in [5.41, 5.74) is 1.87. The zero-order valence-corrected chi connectivity index (χ0v) is 20.1. The molecule has 0 fully saturated rings. The molecule has 3 amide bonds. The van der Waals surface area contributed by atoms with Crippen LogP contribution in [-0.4, -0.2) is 54.0 Å². The molecule has 176 valence electrons. The van der Waals surface area contributed by atoms with Gasteiger partial charge in [0.2, 0.25) is 11.8 Å². The summed E-state index contributed by atoms with van der Waals surface area (Å²) in [6, 6.07) is 12.4. The molecule has 0 saturated heterocycles. The molecule has 33 heavy (non-hydrogen) atoms. The molecule has 0 bridgehead atoms. The number of hydrogen-bond donors (Lipinski definition) is 1. The van der Waals surface area contributed by atoms with Crippen LogP contribution in [0, 0.1) is 6.92 Å². The first-order valence-electron chi connectivity index (χ1n) is 10.9. The van der Waals surface area contributed by atoms with E-state index in [0.29, 0.717) is 4.31 Å². The second-order valence-corrected chi connectivity index (χ2v) is 10.1. The normalized spacial score (nSPS) is 16.1. The van der Waals surface area contributed by atoms with Crippen LogP contribution in [0.2, 0.25) is 0 Å². The van der Waals surface area contributed by atoms with Gasteiger partial charge in [0, 0.05) is 12.6 Å². The molecule has 1 aliphatic rings. The monoisotopic (exact) mass is 471 g/mol. The van der Waals surface area contributed by atoms with Crippen LogP contribution in [0.15, 0.2) is 53.4 Å². The van der Waals surface area contributed by atoms with Gasteiger partial charge in [0.1, 0.15) is 17.5 Å². The Balaban J connectivity index is 1.88. The lowest BCUT2D eigenvalue weighted by Gasteiger charge is -2.30. The van der Waals surface area contributed by atoms with E-state index in [0.717, 1.165) is 17.5 Å². The molecular formula is C24H29N3O5S. The summed E-state index contributed by atoms with van der Waals surface area (Å²) < 4.78 is 26.4. The standard InChI is InChI=1S/C24H29N3O5S/c1-5-17(3)25-23(29)18(4)26(14-19-12-10-16(2)11-13-19)22(28)15-27-24(30)20-8-6-7-9-21(20)33(27,31)32/h6-13,17-18H,5,14-15H2,1-4H3,(H,25,29)/t17-,18-/m1/s1. The predicted octanol–water partition coefficient (Wildman–Crippen LogP) is 2.47. The average Bonchev–Trinajstić information content (AvgIpc) is 2.98. The molecular weight excluding hydrogens is 442 g/mol. The van der Waals surface area contributed by atoms with E-state index in [-0.39, 0.29) is 29.0 Å². The maximum absolute atomic E-state index is 13.3. The molecule has 0 radical (unpaired) electrons. The number of aryl methyl sites for hydroxylation is 1. The number of nitrogens with zero attached hydrogens (tertiary/aromatic N) is 2. The van der Waals surface area contributed by atoms with Crippen molar-refractivity contribution in [2.75, 3.05) is 6.54 Å². The van der Waals surface area contributed by atoms with Gasteiger partial charge in [-0.2, -0.15) is 0 Å². The minimum Gasteiger partial charge on any atom is -0.352 e. The Morgan fingerprint density at radius 3 is 2.30 bits per heavy atom. The number of rotatable bonds is 8.